The van der Waals surface area contributed by atoms with Crippen LogP contribution in [0.4, 0.5) is 5.69 Å². The Hall–Kier alpha value is -2.91. The summed E-state index contributed by atoms with van der Waals surface area (Å²) >= 11 is 0. The van der Waals surface area contributed by atoms with Crippen LogP contribution in [0.25, 0.3) is 0 Å². The number of nitrogens with zero attached hydrogens (tertiary/aromatic N) is 1. The van der Waals surface area contributed by atoms with E-state index in [9.17, 15) is 13.2 Å². The molecule has 2 N–H and O–H groups in total. The van der Waals surface area contributed by atoms with Gasteiger partial charge < -0.3 is 14.2 Å². The van der Waals surface area contributed by atoms with E-state index in [1.54, 1.807) is 24.3 Å². The van der Waals surface area contributed by atoms with Gasteiger partial charge in [0, 0.05) is 18.1 Å². The molecule has 3 rings (SSSR count). The molecule has 3 heterocycles. The van der Waals surface area contributed by atoms with Gasteiger partial charge in [-0.05, 0) is 36.4 Å². The van der Waals surface area contributed by atoms with Gasteiger partial charge in [0.25, 0.3) is 15.9 Å². The van der Waals surface area contributed by atoms with Crippen molar-refractivity contribution in [3.8, 4) is 0 Å². The molecule has 9 heteroatoms. The highest BCUT2D eigenvalue weighted by Gasteiger charge is 2.21. The number of sulfonamides is 1. The molecule has 3 aromatic rings. The van der Waals surface area contributed by atoms with Crippen LogP contribution in [0.5, 0.6) is 0 Å². The van der Waals surface area contributed by atoms with E-state index >= 15 is 0 Å². The molecule has 0 aliphatic rings. The zero-order valence-electron chi connectivity index (χ0n) is 12.3. The number of pyridine rings is 1. The van der Waals surface area contributed by atoms with E-state index in [0.717, 1.165) is 0 Å². The summed E-state index contributed by atoms with van der Waals surface area (Å²) in [4.78, 5) is 15.9. The van der Waals surface area contributed by atoms with E-state index in [0.29, 0.717) is 11.4 Å². The van der Waals surface area contributed by atoms with Crippen LogP contribution in [-0.4, -0.2) is 19.3 Å². The second-order valence-corrected chi connectivity index (χ2v) is 6.41. The van der Waals surface area contributed by atoms with Gasteiger partial charge in [0.05, 0.1) is 12.8 Å². The molecule has 0 aliphatic heterocycles. The average Bonchev–Trinajstić information content (AvgIpc) is 3.26. The third-order valence-electron chi connectivity index (χ3n) is 3.02. The van der Waals surface area contributed by atoms with Crippen molar-refractivity contribution in [2.24, 2.45) is 0 Å². The Morgan fingerprint density at radius 1 is 1.12 bits per heavy atom. The molecule has 0 bridgehead atoms. The van der Waals surface area contributed by atoms with Crippen LogP contribution in [0.2, 0.25) is 0 Å². The largest absolute Gasteiger partial charge is 0.468 e. The lowest BCUT2D eigenvalue weighted by molar-refractivity contribution is 0.0991. The summed E-state index contributed by atoms with van der Waals surface area (Å²) in [6.45, 7) is -0.0193. The Balaban J connectivity index is 1.69. The van der Waals surface area contributed by atoms with Gasteiger partial charge >= 0.3 is 0 Å². The highest BCUT2D eigenvalue weighted by Crippen LogP contribution is 2.16. The molecule has 0 unspecified atom stereocenters. The predicted molar refractivity (Wildman–Crippen MR) is 83.6 cm³/mol. The lowest BCUT2D eigenvalue weighted by atomic mass is 10.3. The third-order valence-corrected chi connectivity index (χ3v) is 4.30. The molecule has 24 heavy (non-hydrogen) atoms. The van der Waals surface area contributed by atoms with Gasteiger partial charge in [-0.25, -0.2) is 13.1 Å². The van der Waals surface area contributed by atoms with Crippen LogP contribution in [-0.2, 0) is 16.6 Å². The minimum absolute atomic E-state index is 0.0193. The highest BCUT2D eigenvalue weighted by molar-refractivity contribution is 7.89. The number of aromatic nitrogens is 1. The van der Waals surface area contributed by atoms with E-state index < -0.39 is 15.9 Å². The fraction of sp³-hybridized carbons (Fsp3) is 0.0667. The first-order chi connectivity index (χ1) is 11.5. The van der Waals surface area contributed by atoms with Crippen LogP contribution < -0.4 is 10.0 Å². The predicted octanol–water partition coefficient (Wildman–Crippen LogP) is 2.00. The molecule has 0 aromatic carbocycles. The normalized spacial score (nSPS) is 11.3. The minimum Gasteiger partial charge on any atom is -0.468 e. The van der Waals surface area contributed by atoms with Crippen LogP contribution in [0.1, 0.15) is 16.3 Å². The van der Waals surface area contributed by atoms with Gasteiger partial charge in [0.15, 0.2) is 5.76 Å². The fourth-order valence-corrected chi connectivity index (χ4v) is 2.79. The van der Waals surface area contributed by atoms with Crippen LogP contribution in [0, 0.1) is 0 Å². The molecule has 3 aromatic heterocycles. The van der Waals surface area contributed by atoms with Gasteiger partial charge in [-0.1, -0.05) is 0 Å². The van der Waals surface area contributed by atoms with Gasteiger partial charge in [0.1, 0.15) is 5.76 Å². The Labute approximate surface area is 137 Å². The van der Waals surface area contributed by atoms with Gasteiger partial charge in [-0.3, -0.25) is 9.78 Å². The third kappa shape index (κ3) is 3.70. The summed E-state index contributed by atoms with van der Waals surface area (Å²) in [7, 11) is -3.89. The first kappa shape index (κ1) is 16.0. The molecule has 0 fully saturated rings. The van der Waals surface area contributed by atoms with E-state index in [-0.39, 0.29) is 17.4 Å². The maximum Gasteiger partial charge on any atom is 0.291 e. The number of anilines is 1. The summed E-state index contributed by atoms with van der Waals surface area (Å²) in [6.07, 6.45) is 4.48. The average molecular weight is 347 g/mol. The van der Waals surface area contributed by atoms with Crippen molar-refractivity contribution < 1.29 is 22.0 Å². The second-order valence-electron chi connectivity index (χ2n) is 4.71. The van der Waals surface area contributed by atoms with Crippen molar-refractivity contribution in [2.75, 3.05) is 5.32 Å². The van der Waals surface area contributed by atoms with Crippen molar-refractivity contribution in [1.29, 1.82) is 0 Å². The summed E-state index contributed by atoms with van der Waals surface area (Å²) in [6, 6.07) is 8.99. The number of carbonyl (C=O) groups is 1. The number of amides is 1. The number of rotatable bonds is 6. The minimum atomic E-state index is -3.89. The number of hydrogen-bond acceptors (Lipinski definition) is 6. The monoisotopic (exact) mass is 347 g/mol. The highest BCUT2D eigenvalue weighted by atomic mass is 32.2. The first-order valence-electron chi connectivity index (χ1n) is 6.88. The zero-order valence-corrected chi connectivity index (χ0v) is 13.1. The number of hydrogen-bond donors (Lipinski definition) is 2. The van der Waals surface area contributed by atoms with Crippen LogP contribution in [0.15, 0.2) is 69.0 Å². The Morgan fingerprint density at radius 2 is 1.92 bits per heavy atom. The lowest BCUT2D eigenvalue weighted by Crippen LogP contribution is -2.22. The van der Waals surface area contributed by atoms with E-state index in [4.69, 9.17) is 8.83 Å². The zero-order chi connectivity index (χ0) is 17.0. The van der Waals surface area contributed by atoms with Crippen molar-refractivity contribution in [3.05, 3.63) is 66.6 Å². The first-order valence-corrected chi connectivity index (χ1v) is 8.36. The SMILES string of the molecule is O=C(Nc1ccncc1)c1ccc(S(=O)(=O)NCc2ccco2)o1. The fourth-order valence-electron chi connectivity index (χ4n) is 1.86. The van der Waals surface area contributed by atoms with Gasteiger partial charge in [-0.2, -0.15) is 0 Å². The summed E-state index contributed by atoms with van der Waals surface area (Å²) in [5.41, 5.74) is 0.520. The second kappa shape index (κ2) is 6.69. The van der Waals surface area contributed by atoms with Gasteiger partial charge in [-0.15, -0.1) is 0 Å². The molecule has 0 atom stereocenters. The standard InChI is InChI=1S/C15H13N3O5S/c19-15(18-11-5-7-16-8-6-11)13-3-4-14(23-13)24(20,21)17-10-12-2-1-9-22-12/h1-9,17H,10H2,(H,16,18,19). The summed E-state index contributed by atoms with van der Waals surface area (Å²) < 4.78 is 36.8. The van der Waals surface area contributed by atoms with Crippen LogP contribution >= 0.6 is 0 Å². The molecular formula is C15H13N3O5S. The van der Waals surface area contributed by atoms with E-state index in [2.05, 4.69) is 15.0 Å². The van der Waals surface area contributed by atoms with Gasteiger partial charge in [0.2, 0.25) is 5.09 Å². The molecule has 0 saturated carbocycles. The van der Waals surface area contributed by atoms with Crippen LogP contribution in [0.3, 0.4) is 0 Å². The van der Waals surface area contributed by atoms with E-state index in [1.807, 2.05) is 0 Å². The van der Waals surface area contributed by atoms with Crippen molar-refractivity contribution >= 4 is 21.6 Å². The maximum atomic E-state index is 12.1. The molecule has 0 radical (unpaired) electrons. The Bertz CT molecular complexity index is 917. The number of carbonyl (C=O) groups excluding carboxylic acids is 1. The molecule has 8 nitrogen and oxygen atoms in total. The van der Waals surface area contributed by atoms with Crippen molar-refractivity contribution in [1.82, 2.24) is 9.71 Å². The molecule has 0 aliphatic carbocycles. The van der Waals surface area contributed by atoms with Crippen molar-refractivity contribution in [3.63, 3.8) is 0 Å². The summed E-state index contributed by atoms with van der Waals surface area (Å²) in [5.74, 6) is -0.223. The molecule has 1 amide bonds. The Morgan fingerprint density at radius 3 is 2.62 bits per heavy atom. The Kier molecular flexibility index (Phi) is 4.45. The molecule has 124 valence electrons. The quantitative estimate of drug-likeness (QED) is 0.705. The molecule has 0 saturated heterocycles. The maximum absolute atomic E-state index is 12.1. The molecular weight excluding hydrogens is 334 g/mol. The summed E-state index contributed by atoms with van der Waals surface area (Å²) in [5, 5.41) is 2.22. The van der Waals surface area contributed by atoms with E-state index in [1.165, 1.54) is 30.8 Å². The molecule has 0 spiro atoms. The van der Waals surface area contributed by atoms with Crippen molar-refractivity contribution in [2.45, 2.75) is 11.6 Å². The number of furan rings is 2. The lowest BCUT2D eigenvalue weighted by Gasteiger charge is -2.03. The smallest absolute Gasteiger partial charge is 0.291 e. The number of nitrogens with one attached hydrogen (secondary N) is 2. The topological polar surface area (TPSA) is 114 Å².